The SMILES string of the molecule is COc1cc(C)c(/C=C/C(C)=C/C=C/C(C)=C/C(=O)Nc2cc(C(F)(F)F)ccc2O)c(C)c1C. The third kappa shape index (κ3) is 7.64. The van der Waals surface area contributed by atoms with Crippen molar-refractivity contribution in [2.45, 2.75) is 40.8 Å². The molecule has 2 rings (SSSR count). The first-order valence-electron chi connectivity index (χ1n) is 10.9. The number of nitrogens with one attached hydrogen (secondary N) is 1. The summed E-state index contributed by atoms with van der Waals surface area (Å²) in [7, 11) is 1.66. The number of carbonyl (C=O) groups excluding carboxylic acids is 1. The van der Waals surface area contributed by atoms with Gasteiger partial charge in [0.2, 0.25) is 5.91 Å². The number of carbonyl (C=O) groups is 1. The molecule has 0 heterocycles. The molecule has 1 amide bonds. The number of anilines is 1. The summed E-state index contributed by atoms with van der Waals surface area (Å²) in [4.78, 5) is 12.2. The molecule has 0 aliphatic heterocycles. The van der Waals surface area contributed by atoms with E-state index in [0.29, 0.717) is 11.6 Å². The van der Waals surface area contributed by atoms with E-state index in [2.05, 4.69) is 18.3 Å². The summed E-state index contributed by atoms with van der Waals surface area (Å²) in [6, 6.07) is 4.35. The molecule has 0 saturated heterocycles. The molecule has 0 unspecified atom stereocenters. The molecule has 0 saturated carbocycles. The molecule has 186 valence electrons. The first-order chi connectivity index (χ1) is 16.3. The van der Waals surface area contributed by atoms with E-state index in [1.165, 1.54) is 6.08 Å². The van der Waals surface area contributed by atoms with E-state index in [-0.39, 0.29) is 5.69 Å². The number of halogens is 3. The van der Waals surface area contributed by atoms with Gasteiger partial charge in [-0.1, -0.05) is 36.0 Å². The van der Waals surface area contributed by atoms with E-state index < -0.39 is 23.4 Å². The highest BCUT2D eigenvalue weighted by molar-refractivity contribution is 6.01. The molecule has 0 radical (unpaired) electrons. The van der Waals surface area contributed by atoms with Crippen LogP contribution in [-0.2, 0) is 11.0 Å². The summed E-state index contributed by atoms with van der Waals surface area (Å²) in [5.74, 6) is -0.235. The molecule has 2 N–H and O–H groups in total. The summed E-state index contributed by atoms with van der Waals surface area (Å²) in [6.07, 6.45) is 6.07. The van der Waals surface area contributed by atoms with Gasteiger partial charge < -0.3 is 15.2 Å². The summed E-state index contributed by atoms with van der Waals surface area (Å²) >= 11 is 0. The quantitative estimate of drug-likeness (QED) is 0.243. The lowest BCUT2D eigenvalue weighted by molar-refractivity contribution is -0.137. The molecular formula is C28H30F3NO3. The smallest absolute Gasteiger partial charge is 0.416 e. The van der Waals surface area contributed by atoms with Gasteiger partial charge in [-0.15, -0.1) is 0 Å². The topological polar surface area (TPSA) is 58.6 Å². The van der Waals surface area contributed by atoms with Crippen molar-refractivity contribution in [3.05, 3.63) is 93.6 Å². The van der Waals surface area contributed by atoms with Crippen LogP contribution in [-0.4, -0.2) is 18.1 Å². The Labute approximate surface area is 204 Å². The van der Waals surface area contributed by atoms with Gasteiger partial charge in [0.05, 0.1) is 18.4 Å². The van der Waals surface area contributed by atoms with Gasteiger partial charge in [-0.2, -0.15) is 13.2 Å². The van der Waals surface area contributed by atoms with Crippen molar-refractivity contribution < 1.29 is 27.8 Å². The predicted molar refractivity (Wildman–Crippen MR) is 135 cm³/mol. The Morgan fingerprint density at radius 3 is 2.34 bits per heavy atom. The molecule has 0 fully saturated rings. The van der Waals surface area contributed by atoms with Gasteiger partial charge in [-0.05, 0) is 86.7 Å². The van der Waals surface area contributed by atoms with Gasteiger partial charge in [0.15, 0.2) is 0 Å². The van der Waals surface area contributed by atoms with Crippen molar-refractivity contribution in [2.24, 2.45) is 0 Å². The van der Waals surface area contributed by atoms with Crippen LogP contribution < -0.4 is 10.1 Å². The van der Waals surface area contributed by atoms with E-state index in [0.717, 1.165) is 45.7 Å². The van der Waals surface area contributed by atoms with E-state index in [4.69, 9.17) is 4.74 Å². The van der Waals surface area contributed by atoms with Gasteiger partial charge in [0.1, 0.15) is 11.5 Å². The largest absolute Gasteiger partial charge is 0.506 e. The second-order valence-electron chi connectivity index (χ2n) is 8.27. The van der Waals surface area contributed by atoms with Crippen LogP contribution in [0.15, 0.2) is 65.8 Å². The van der Waals surface area contributed by atoms with Crippen molar-refractivity contribution in [3.8, 4) is 11.5 Å². The Morgan fingerprint density at radius 1 is 1.03 bits per heavy atom. The van der Waals surface area contributed by atoms with Crippen molar-refractivity contribution in [1.82, 2.24) is 0 Å². The van der Waals surface area contributed by atoms with Crippen LogP contribution in [0.5, 0.6) is 11.5 Å². The number of aryl methyl sites for hydroxylation is 1. The number of amides is 1. The lowest BCUT2D eigenvalue weighted by Crippen LogP contribution is -2.11. The van der Waals surface area contributed by atoms with Gasteiger partial charge >= 0.3 is 6.18 Å². The van der Waals surface area contributed by atoms with Crippen LogP contribution >= 0.6 is 0 Å². The van der Waals surface area contributed by atoms with Crippen molar-refractivity contribution in [1.29, 1.82) is 0 Å². The highest BCUT2D eigenvalue weighted by Crippen LogP contribution is 2.34. The van der Waals surface area contributed by atoms with Gasteiger partial charge in [0.25, 0.3) is 0 Å². The summed E-state index contributed by atoms with van der Waals surface area (Å²) in [5.41, 5.74) is 4.79. The van der Waals surface area contributed by atoms with E-state index in [1.807, 2.05) is 39.0 Å². The third-order valence-corrected chi connectivity index (χ3v) is 5.50. The highest BCUT2D eigenvalue weighted by atomic mass is 19.4. The Balaban J connectivity index is 2.08. The van der Waals surface area contributed by atoms with Crippen LogP contribution in [0, 0.1) is 20.8 Å². The number of aromatic hydroxyl groups is 1. The molecule has 35 heavy (non-hydrogen) atoms. The van der Waals surface area contributed by atoms with Gasteiger partial charge in [-0.25, -0.2) is 0 Å². The van der Waals surface area contributed by atoms with Gasteiger partial charge in [-0.3, -0.25) is 4.79 Å². The number of phenolic OH excluding ortho intramolecular Hbond substituents is 1. The highest BCUT2D eigenvalue weighted by Gasteiger charge is 2.31. The number of hydrogen-bond acceptors (Lipinski definition) is 3. The minimum absolute atomic E-state index is 0.307. The molecule has 0 aliphatic carbocycles. The van der Waals surface area contributed by atoms with Gasteiger partial charge in [0, 0.05) is 6.08 Å². The van der Waals surface area contributed by atoms with Crippen molar-refractivity contribution in [3.63, 3.8) is 0 Å². The molecule has 0 aromatic heterocycles. The number of alkyl halides is 3. The molecule has 0 atom stereocenters. The maximum absolute atomic E-state index is 12.9. The minimum Gasteiger partial charge on any atom is -0.506 e. The fourth-order valence-electron chi connectivity index (χ4n) is 3.39. The first kappa shape index (κ1) is 27.5. The Kier molecular flexibility index (Phi) is 9.12. The Morgan fingerprint density at radius 2 is 1.71 bits per heavy atom. The van der Waals surface area contributed by atoms with Crippen LogP contribution in [0.3, 0.4) is 0 Å². The fourth-order valence-corrected chi connectivity index (χ4v) is 3.39. The first-order valence-corrected chi connectivity index (χ1v) is 10.9. The van der Waals surface area contributed by atoms with Crippen molar-refractivity contribution >= 4 is 17.7 Å². The summed E-state index contributed by atoms with van der Waals surface area (Å²) in [6.45, 7) is 9.75. The standard InChI is InChI=1S/C28H30F3NO3/c1-17(10-12-23-19(3)15-26(35-6)21(5)20(23)4)8-7-9-18(2)14-27(34)32-24-16-22(28(29,30)31)11-13-25(24)33/h7-16,33H,1-6H3,(H,32,34)/b9-7+,12-10+,17-8+,18-14+. The van der Waals surface area contributed by atoms with Crippen LogP contribution in [0.1, 0.15) is 41.7 Å². The monoisotopic (exact) mass is 485 g/mol. The number of methoxy groups -OCH3 is 1. The molecule has 0 bridgehead atoms. The van der Waals surface area contributed by atoms with E-state index >= 15 is 0 Å². The molecule has 2 aromatic carbocycles. The maximum Gasteiger partial charge on any atom is 0.416 e. The Hall–Kier alpha value is -3.74. The number of ether oxygens (including phenoxy) is 1. The van der Waals surface area contributed by atoms with Crippen LogP contribution in [0.25, 0.3) is 6.08 Å². The van der Waals surface area contributed by atoms with E-state index in [1.54, 1.807) is 26.2 Å². The normalized spacial score (nSPS) is 13.1. The molecule has 0 aliphatic rings. The average Bonchev–Trinajstić information content (AvgIpc) is 2.76. The predicted octanol–water partition coefficient (Wildman–Crippen LogP) is 7.45. The molecule has 7 heteroatoms. The summed E-state index contributed by atoms with van der Waals surface area (Å²) < 4.78 is 44.0. The maximum atomic E-state index is 12.9. The van der Waals surface area contributed by atoms with E-state index in [9.17, 15) is 23.1 Å². The van der Waals surface area contributed by atoms with Crippen molar-refractivity contribution in [2.75, 3.05) is 12.4 Å². The fraction of sp³-hybridized carbons (Fsp3) is 0.250. The second kappa shape index (κ2) is 11.6. The molecule has 0 spiro atoms. The number of allylic oxidation sites excluding steroid dienone is 6. The summed E-state index contributed by atoms with van der Waals surface area (Å²) in [5, 5.41) is 12.0. The third-order valence-electron chi connectivity index (χ3n) is 5.50. The zero-order valence-electron chi connectivity index (χ0n) is 20.7. The number of benzene rings is 2. The zero-order chi connectivity index (χ0) is 26.3. The lowest BCUT2D eigenvalue weighted by atomic mass is 9.96. The number of hydrogen-bond donors (Lipinski definition) is 2. The molecule has 2 aromatic rings. The van der Waals surface area contributed by atoms with Crippen LogP contribution in [0.2, 0.25) is 0 Å². The van der Waals surface area contributed by atoms with Crippen LogP contribution in [0.4, 0.5) is 18.9 Å². The average molecular weight is 486 g/mol. The molecule has 4 nitrogen and oxygen atoms in total. The number of phenols is 1. The lowest BCUT2D eigenvalue weighted by Gasteiger charge is -2.13. The molecular weight excluding hydrogens is 455 g/mol. The second-order valence-corrected chi connectivity index (χ2v) is 8.27. The zero-order valence-corrected chi connectivity index (χ0v) is 20.7. The number of rotatable bonds is 7. The minimum atomic E-state index is -4.58. The Bertz CT molecular complexity index is 1220.